The molecule has 1 aliphatic rings. The highest BCUT2D eigenvalue weighted by atomic mass is 19.3. The van der Waals surface area contributed by atoms with Crippen molar-refractivity contribution in [2.24, 2.45) is 0 Å². The van der Waals surface area contributed by atoms with Crippen LogP contribution in [-0.4, -0.2) is 61.4 Å². The minimum absolute atomic E-state index is 0.106. The van der Waals surface area contributed by atoms with E-state index < -0.39 is 43.9 Å². The summed E-state index contributed by atoms with van der Waals surface area (Å²) in [6.07, 6.45) is -3.36. The quantitative estimate of drug-likeness (QED) is 0.460. The first-order valence-corrected chi connectivity index (χ1v) is 5.79. The molecule has 1 rings (SSSR count). The predicted octanol–water partition coefficient (Wildman–Crippen LogP) is 0.966. The molecule has 1 heterocycles. The zero-order valence-electron chi connectivity index (χ0n) is 11.1. The molecule has 0 radical (unpaired) electrons. The molecule has 1 saturated heterocycles. The van der Waals surface area contributed by atoms with Gasteiger partial charge >= 0.3 is 6.03 Å². The molecule has 0 spiro atoms. The molecule has 122 valence electrons. The Morgan fingerprint density at radius 2 is 2.10 bits per heavy atom. The molecule has 3 unspecified atom stereocenters. The number of aldehydes is 1. The summed E-state index contributed by atoms with van der Waals surface area (Å²) in [5.74, 6) is -1.23. The Labute approximate surface area is 118 Å². The highest BCUT2D eigenvalue weighted by Crippen LogP contribution is 2.26. The Kier molecular flexibility index (Phi) is 9.30. The topological polar surface area (TPSA) is 78.9 Å². The molecule has 3 atom stereocenters. The van der Waals surface area contributed by atoms with Crippen LogP contribution in [0.1, 0.15) is 6.42 Å². The number of allylic oxidation sites excluding steroid dienone is 1. The van der Waals surface area contributed by atoms with Crippen LogP contribution in [0.15, 0.2) is 12.0 Å². The van der Waals surface area contributed by atoms with Crippen molar-refractivity contribution in [3.63, 3.8) is 0 Å². The molecule has 1 fully saturated rings. The van der Waals surface area contributed by atoms with Crippen LogP contribution in [-0.2, 0) is 9.53 Å². The summed E-state index contributed by atoms with van der Waals surface area (Å²) < 4.78 is 50.8. The van der Waals surface area contributed by atoms with Crippen LogP contribution in [0.5, 0.6) is 0 Å². The largest absolute Gasteiger partial charge is 0.394 e. The summed E-state index contributed by atoms with van der Waals surface area (Å²) in [6.45, 7) is -2.15. The summed E-state index contributed by atoms with van der Waals surface area (Å²) in [6, 6.07) is -0.821. The van der Waals surface area contributed by atoms with Crippen molar-refractivity contribution in [3.8, 4) is 0 Å². The molecule has 0 aliphatic carbocycles. The van der Waals surface area contributed by atoms with E-state index >= 15 is 0 Å². The van der Waals surface area contributed by atoms with Crippen molar-refractivity contribution < 1.29 is 37.0 Å². The lowest BCUT2D eigenvalue weighted by Crippen LogP contribution is -2.45. The molecule has 10 heteroatoms. The maximum absolute atomic E-state index is 13.6. The average molecular weight is 316 g/mol. The van der Waals surface area contributed by atoms with Crippen LogP contribution in [0.4, 0.5) is 22.4 Å². The second kappa shape index (κ2) is 10.1. The van der Waals surface area contributed by atoms with E-state index in [2.05, 4.69) is 5.32 Å². The Morgan fingerprint density at radius 3 is 2.48 bits per heavy atom. The van der Waals surface area contributed by atoms with Crippen LogP contribution in [0.2, 0.25) is 0 Å². The first kappa shape index (κ1) is 19.3. The average Bonchev–Trinajstić information content (AvgIpc) is 2.85. The lowest BCUT2D eigenvalue weighted by molar-refractivity contribution is -0.106. The van der Waals surface area contributed by atoms with E-state index in [4.69, 9.17) is 9.84 Å². The fraction of sp³-hybridized carbons (Fsp3) is 0.636. The fourth-order valence-electron chi connectivity index (χ4n) is 1.60. The SMILES string of the molecule is CNC(=O)N(/C=C(/F)C=O)C1OC(CO)CC1F.FCF. The van der Waals surface area contributed by atoms with Crippen molar-refractivity contribution in [3.05, 3.63) is 12.0 Å². The number of ether oxygens (including phenoxy) is 1. The van der Waals surface area contributed by atoms with Crippen molar-refractivity contribution in [1.29, 1.82) is 0 Å². The number of aliphatic hydroxyl groups excluding tert-OH is 1. The minimum Gasteiger partial charge on any atom is -0.394 e. The van der Waals surface area contributed by atoms with Gasteiger partial charge in [0.25, 0.3) is 0 Å². The molecule has 0 aromatic carbocycles. The molecule has 0 saturated carbocycles. The monoisotopic (exact) mass is 316 g/mol. The van der Waals surface area contributed by atoms with Gasteiger partial charge in [0.2, 0.25) is 6.93 Å². The second-order valence-electron chi connectivity index (χ2n) is 3.78. The number of hydrogen-bond donors (Lipinski definition) is 2. The normalized spacial score (nSPS) is 24.9. The van der Waals surface area contributed by atoms with Crippen molar-refractivity contribution in [2.45, 2.75) is 24.9 Å². The number of amides is 2. The van der Waals surface area contributed by atoms with Crippen molar-refractivity contribution in [2.75, 3.05) is 20.6 Å². The van der Waals surface area contributed by atoms with Gasteiger partial charge < -0.3 is 15.2 Å². The molecule has 0 aromatic rings. The number of halogens is 4. The minimum atomic E-state index is -1.75. The van der Waals surface area contributed by atoms with E-state index in [1.165, 1.54) is 7.05 Å². The van der Waals surface area contributed by atoms with Crippen LogP contribution in [0.25, 0.3) is 0 Å². The number of carbonyl (C=O) groups is 2. The maximum atomic E-state index is 13.6. The van der Waals surface area contributed by atoms with Gasteiger partial charge in [0.1, 0.15) is 6.17 Å². The van der Waals surface area contributed by atoms with E-state index in [1.807, 2.05) is 0 Å². The zero-order chi connectivity index (χ0) is 16.4. The highest BCUT2D eigenvalue weighted by molar-refractivity contribution is 5.77. The first-order valence-electron chi connectivity index (χ1n) is 5.79. The van der Waals surface area contributed by atoms with Crippen molar-refractivity contribution >= 4 is 12.3 Å². The van der Waals surface area contributed by atoms with Gasteiger partial charge in [-0.15, -0.1) is 0 Å². The van der Waals surface area contributed by atoms with Gasteiger partial charge in [-0.25, -0.2) is 22.4 Å². The van der Waals surface area contributed by atoms with E-state index in [1.54, 1.807) is 0 Å². The van der Waals surface area contributed by atoms with Gasteiger partial charge in [-0.2, -0.15) is 0 Å². The number of hydrogen-bond acceptors (Lipinski definition) is 4. The number of aliphatic hydroxyl groups is 1. The molecule has 2 N–H and O–H groups in total. The van der Waals surface area contributed by atoms with Gasteiger partial charge in [-0.05, 0) is 0 Å². The summed E-state index contributed by atoms with van der Waals surface area (Å²) in [4.78, 5) is 22.3. The molecule has 0 bridgehead atoms. The van der Waals surface area contributed by atoms with Crippen molar-refractivity contribution in [1.82, 2.24) is 10.2 Å². The predicted molar refractivity (Wildman–Crippen MR) is 63.9 cm³/mol. The van der Waals surface area contributed by atoms with Gasteiger partial charge in [-0.1, -0.05) is 0 Å². The maximum Gasteiger partial charge on any atom is 0.323 e. The molecule has 6 nitrogen and oxygen atoms in total. The third-order valence-corrected chi connectivity index (χ3v) is 2.43. The van der Waals surface area contributed by atoms with E-state index in [0.29, 0.717) is 11.1 Å². The van der Waals surface area contributed by atoms with Crippen LogP contribution < -0.4 is 5.32 Å². The summed E-state index contributed by atoms with van der Waals surface area (Å²) >= 11 is 0. The lowest BCUT2D eigenvalue weighted by atomic mass is 10.2. The van der Waals surface area contributed by atoms with Gasteiger partial charge in [0.15, 0.2) is 18.3 Å². The first-order chi connectivity index (χ1) is 9.94. The Balaban J connectivity index is 0.00000122. The van der Waals surface area contributed by atoms with E-state index in [9.17, 15) is 27.2 Å². The molecular formula is C11H16F4N2O4. The molecule has 1 aliphatic heterocycles. The third-order valence-electron chi connectivity index (χ3n) is 2.43. The number of alkyl halides is 3. The standard InChI is InChI=1S/C10H14F2N2O4.CH2F2/c1-13-10(17)14(3-6(11)4-15)9-8(12)2-7(5-16)18-9;2-1-3/h3-4,7-9,16H,2,5H2,1H3,(H,13,17);1H2/b6-3+;. The van der Waals surface area contributed by atoms with Gasteiger partial charge in [0, 0.05) is 13.5 Å². The Bertz CT molecular complexity index is 370. The fourth-order valence-corrected chi connectivity index (χ4v) is 1.60. The molecule has 0 aromatic heterocycles. The summed E-state index contributed by atoms with van der Waals surface area (Å²) in [5, 5.41) is 11.0. The Morgan fingerprint density at radius 1 is 1.52 bits per heavy atom. The van der Waals surface area contributed by atoms with Gasteiger partial charge in [0.05, 0.1) is 18.9 Å². The third kappa shape index (κ3) is 6.08. The van der Waals surface area contributed by atoms with E-state index in [-0.39, 0.29) is 12.7 Å². The highest BCUT2D eigenvalue weighted by Gasteiger charge is 2.40. The molecule has 2 amide bonds. The Hall–Kier alpha value is -1.68. The number of carbonyl (C=O) groups excluding carboxylic acids is 2. The lowest BCUT2D eigenvalue weighted by Gasteiger charge is -2.25. The van der Waals surface area contributed by atoms with Gasteiger partial charge in [-0.3, -0.25) is 9.69 Å². The van der Waals surface area contributed by atoms with Crippen LogP contribution in [0, 0.1) is 0 Å². The number of rotatable bonds is 4. The summed E-state index contributed by atoms with van der Waals surface area (Å²) in [7, 11) is 1.27. The summed E-state index contributed by atoms with van der Waals surface area (Å²) in [5.41, 5.74) is 0. The number of nitrogens with zero attached hydrogens (tertiary/aromatic N) is 1. The number of nitrogens with one attached hydrogen (secondary N) is 1. The smallest absolute Gasteiger partial charge is 0.323 e. The zero-order valence-corrected chi connectivity index (χ0v) is 11.1. The van der Waals surface area contributed by atoms with Crippen LogP contribution >= 0.6 is 0 Å². The van der Waals surface area contributed by atoms with Crippen LogP contribution in [0.3, 0.4) is 0 Å². The second-order valence-corrected chi connectivity index (χ2v) is 3.78. The molecular weight excluding hydrogens is 300 g/mol. The molecule has 21 heavy (non-hydrogen) atoms. The van der Waals surface area contributed by atoms with E-state index in [0.717, 1.165) is 0 Å². The number of urea groups is 1.